The van der Waals surface area contributed by atoms with Crippen molar-refractivity contribution in [3.8, 4) is 17.2 Å². The third-order valence-electron chi connectivity index (χ3n) is 3.22. The number of anilines is 1. The lowest BCUT2D eigenvalue weighted by molar-refractivity contribution is -0.115. The average Bonchev–Trinajstić information content (AvgIpc) is 2.55. The van der Waals surface area contributed by atoms with Gasteiger partial charge in [-0.3, -0.25) is 4.79 Å². The van der Waals surface area contributed by atoms with Gasteiger partial charge in [0.2, 0.25) is 11.7 Å². The Kier molecular flexibility index (Phi) is 5.87. The van der Waals surface area contributed by atoms with Crippen molar-refractivity contribution in [2.45, 2.75) is 6.42 Å². The Balaban J connectivity index is 2.15. The second-order valence-electron chi connectivity index (χ2n) is 4.77. The Morgan fingerprint density at radius 1 is 1.00 bits per heavy atom. The first-order valence-electron chi connectivity index (χ1n) is 6.91. The maximum absolute atomic E-state index is 12.2. The molecule has 1 N–H and O–H groups in total. The largest absolute Gasteiger partial charge is 0.493 e. The van der Waals surface area contributed by atoms with Gasteiger partial charge in [-0.05, 0) is 42.0 Å². The van der Waals surface area contributed by atoms with E-state index in [4.69, 9.17) is 14.2 Å². The maximum Gasteiger partial charge on any atom is 0.228 e. The third-order valence-corrected chi connectivity index (χ3v) is 3.75. The molecule has 0 aliphatic carbocycles. The second-order valence-corrected chi connectivity index (χ2v) is 5.68. The SMILES string of the molecule is COc1cc(CC(=O)Nc2ccc(Br)cc2)cc(OC)c1OC. The molecular weight excluding hydrogens is 362 g/mol. The van der Waals surface area contributed by atoms with E-state index in [2.05, 4.69) is 21.2 Å². The Labute approximate surface area is 143 Å². The van der Waals surface area contributed by atoms with Crippen LogP contribution in [0.15, 0.2) is 40.9 Å². The number of halogens is 1. The van der Waals surface area contributed by atoms with Crippen LogP contribution in [0.1, 0.15) is 5.56 Å². The first-order valence-corrected chi connectivity index (χ1v) is 7.71. The summed E-state index contributed by atoms with van der Waals surface area (Å²) in [5.74, 6) is 1.44. The van der Waals surface area contributed by atoms with Crippen LogP contribution in [0.4, 0.5) is 5.69 Å². The third kappa shape index (κ3) is 4.39. The number of rotatable bonds is 6. The topological polar surface area (TPSA) is 56.8 Å². The van der Waals surface area contributed by atoms with Gasteiger partial charge in [0.15, 0.2) is 11.5 Å². The van der Waals surface area contributed by atoms with Gasteiger partial charge in [0.1, 0.15) is 0 Å². The monoisotopic (exact) mass is 379 g/mol. The lowest BCUT2D eigenvalue weighted by Gasteiger charge is -2.14. The smallest absolute Gasteiger partial charge is 0.228 e. The van der Waals surface area contributed by atoms with Crippen molar-refractivity contribution in [2.24, 2.45) is 0 Å². The van der Waals surface area contributed by atoms with Gasteiger partial charge in [0.25, 0.3) is 0 Å². The van der Waals surface area contributed by atoms with Crippen LogP contribution in [0.25, 0.3) is 0 Å². The first-order chi connectivity index (χ1) is 11.1. The highest BCUT2D eigenvalue weighted by Crippen LogP contribution is 2.38. The van der Waals surface area contributed by atoms with E-state index in [0.29, 0.717) is 17.2 Å². The van der Waals surface area contributed by atoms with Crippen LogP contribution in [0.2, 0.25) is 0 Å². The minimum atomic E-state index is -0.124. The van der Waals surface area contributed by atoms with Gasteiger partial charge in [-0.2, -0.15) is 0 Å². The molecule has 0 aromatic heterocycles. The molecule has 0 aliphatic rings. The summed E-state index contributed by atoms with van der Waals surface area (Å²) in [6.45, 7) is 0. The summed E-state index contributed by atoms with van der Waals surface area (Å²) < 4.78 is 16.8. The van der Waals surface area contributed by atoms with Crippen LogP contribution >= 0.6 is 15.9 Å². The second kappa shape index (κ2) is 7.87. The fourth-order valence-electron chi connectivity index (χ4n) is 2.16. The van der Waals surface area contributed by atoms with Crippen LogP contribution in [0.3, 0.4) is 0 Å². The van der Waals surface area contributed by atoms with Crippen LogP contribution in [-0.2, 0) is 11.2 Å². The van der Waals surface area contributed by atoms with E-state index in [0.717, 1.165) is 15.7 Å². The molecule has 0 bridgehead atoms. The lowest BCUT2D eigenvalue weighted by atomic mass is 10.1. The number of carbonyl (C=O) groups excluding carboxylic acids is 1. The minimum Gasteiger partial charge on any atom is -0.493 e. The van der Waals surface area contributed by atoms with Gasteiger partial charge in [0.05, 0.1) is 27.8 Å². The highest BCUT2D eigenvalue weighted by atomic mass is 79.9. The standard InChI is InChI=1S/C17H18BrNO4/c1-21-14-8-11(9-15(22-2)17(14)23-3)10-16(20)19-13-6-4-12(18)5-7-13/h4-9H,10H2,1-3H3,(H,19,20). The van der Waals surface area contributed by atoms with E-state index in [9.17, 15) is 4.79 Å². The van der Waals surface area contributed by atoms with Crippen molar-refractivity contribution in [1.29, 1.82) is 0 Å². The van der Waals surface area contributed by atoms with E-state index in [1.165, 1.54) is 0 Å². The zero-order valence-corrected chi connectivity index (χ0v) is 14.8. The Morgan fingerprint density at radius 3 is 2.04 bits per heavy atom. The molecule has 0 radical (unpaired) electrons. The van der Waals surface area contributed by atoms with Crippen LogP contribution < -0.4 is 19.5 Å². The summed E-state index contributed by atoms with van der Waals surface area (Å²) in [5, 5.41) is 2.85. The first kappa shape index (κ1) is 17.1. The highest BCUT2D eigenvalue weighted by Gasteiger charge is 2.15. The van der Waals surface area contributed by atoms with Gasteiger partial charge in [-0.1, -0.05) is 15.9 Å². The van der Waals surface area contributed by atoms with Crippen LogP contribution in [0, 0.1) is 0 Å². The van der Waals surface area contributed by atoms with Crippen LogP contribution in [0.5, 0.6) is 17.2 Å². The van der Waals surface area contributed by atoms with E-state index >= 15 is 0 Å². The number of amides is 1. The summed E-state index contributed by atoms with van der Waals surface area (Å²) in [5.41, 5.74) is 1.51. The summed E-state index contributed by atoms with van der Waals surface area (Å²) in [4.78, 5) is 12.2. The molecule has 0 fully saturated rings. The minimum absolute atomic E-state index is 0.124. The number of carbonyl (C=O) groups is 1. The van der Waals surface area contributed by atoms with E-state index in [1.807, 2.05) is 24.3 Å². The number of hydrogen-bond acceptors (Lipinski definition) is 4. The predicted molar refractivity (Wildman–Crippen MR) is 92.6 cm³/mol. The zero-order valence-electron chi connectivity index (χ0n) is 13.2. The van der Waals surface area contributed by atoms with Gasteiger partial charge >= 0.3 is 0 Å². The number of nitrogens with one attached hydrogen (secondary N) is 1. The molecule has 0 saturated carbocycles. The number of methoxy groups -OCH3 is 3. The lowest BCUT2D eigenvalue weighted by Crippen LogP contribution is -2.14. The molecule has 0 unspecified atom stereocenters. The Bertz CT molecular complexity index is 660. The fourth-order valence-corrected chi connectivity index (χ4v) is 2.43. The molecule has 2 aromatic carbocycles. The molecule has 122 valence electrons. The zero-order chi connectivity index (χ0) is 16.8. The van der Waals surface area contributed by atoms with Gasteiger partial charge in [-0.25, -0.2) is 0 Å². The van der Waals surface area contributed by atoms with Crippen molar-refractivity contribution in [1.82, 2.24) is 0 Å². The average molecular weight is 380 g/mol. The number of ether oxygens (including phenoxy) is 3. The van der Waals surface area contributed by atoms with Gasteiger partial charge in [-0.15, -0.1) is 0 Å². The maximum atomic E-state index is 12.2. The normalized spacial score (nSPS) is 10.1. The Morgan fingerprint density at radius 2 is 1.57 bits per heavy atom. The molecule has 1 amide bonds. The fraction of sp³-hybridized carbons (Fsp3) is 0.235. The summed E-state index contributed by atoms with van der Waals surface area (Å²) >= 11 is 3.36. The number of benzene rings is 2. The summed E-state index contributed by atoms with van der Waals surface area (Å²) in [6, 6.07) is 10.9. The molecule has 0 aliphatic heterocycles. The summed E-state index contributed by atoms with van der Waals surface area (Å²) in [7, 11) is 4.63. The molecule has 0 atom stereocenters. The molecule has 2 aromatic rings. The molecule has 0 spiro atoms. The molecule has 5 nitrogen and oxygen atoms in total. The van der Waals surface area contributed by atoms with Crippen molar-refractivity contribution < 1.29 is 19.0 Å². The van der Waals surface area contributed by atoms with Crippen molar-refractivity contribution in [3.05, 3.63) is 46.4 Å². The van der Waals surface area contributed by atoms with Gasteiger partial charge in [0, 0.05) is 10.2 Å². The van der Waals surface area contributed by atoms with E-state index < -0.39 is 0 Å². The van der Waals surface area contributed by atoms with E-state index in [-0.39, 0.29) is 12.3 Å². The molecule has 2 rings (SSSR count). The molecular formula is C17H18BrNO4. The molecule has 23 heavy (non-hydrogen) atoms. The highest BCUT2D eigenvalue weighted by molar-refractivity contribution is 9.10. The molecule has 0 saturated heterocycles. The van der Waals surface area contributed by atoms with Gasteiger partial charge < -0.3 is 19.5 Å². The van der Waals surface area contributed by atoms with Crippen molar-refractivity contribution in [2.75, 3.05) is 26.6 Å². The number of hydrogen-bond donors (Lipinski definition) is 1. The molecule has 0 heterocycles. The molecule has 6 heteroatoms. The summed E-state index contributed by atoms with van der Waals surface area (Å²) in [6.07, 6.45) is 0.201. The quantitative estimate of drug-likeness (QED) is 0.831. The van der Waals surface area contributed by atoms with Crippen molar-refractivity contribution >= 4 is 27.5 Å². The van der Waals surface area contributed by atoms with Crippen LogP contribution in [-0.4, -0.2) is 27.2 Å². The van der Waals surface area contributed by atoms with Crippen molar-refractivity contribution in [3.63, 3.8) is 0 Å². The predicted octanol–water partition coefficient (Wildman–Crippen LogP) is 3.66. The Hall–Kier alpha value is -2.21. The van der Waals surface area contributed by atoms with E-state index in [1.54, 1.807) is 33.5 Å².